The van der Waals surface area contributed by atoms with E-state index in [0.29, 0.717) is 16.4 Å². The summed E-state index contributed by atoms with van der Waals surface area (Å²) in [7, 11) is 1.59. The van der Waals surface area contributed by atoms with Gasteiger partial charge in [0.25, 0.3) is 11.8 Å². The Balaban J connectivity index is 1.45. The lowest BCUT2D eigenvalue weighted by Gasteiger charge is -2.15. The summed E-state index contributed by atoms with van der Waals surface area (Å²) in [6.45, 7) is 5.34. The Morgan fingerprint density at radius 3 is 2.79 bits per heavy atom. The summed E-state index contributed by atoms with van der Waals surface area (Å²) in [5.74, 6) is -0.670. The predicted octanol–water partition coefficient (Wildman–Crippen LogP) is 2.69. The lowest BCUT2D eigenvalue weighted by atomic mass is 10.1. The molecule has 0 fully saturated rings. The van der Waals surface area contributed by atoms with Crippen LogP contribution < -0.4 is 5.73 Å². The highest BCUT2D eigenvalue weighted by molar-refractivity contribution is 7.19. The van der Waals surface area contributed by atoms with Crippen LogP contribution in [0.15, 0.2) is 35.3 Å². The van der Waals surface area contributed by atoms with Gasteiger partial charge in [0.2, 0.25) is 0 Å². The van der Waals surface area contributed by atoms with E-state index in [1.54, 1.807) is 14.0 Å². The number of carbonyl (C=O) groups is 2. The molecule has 12 heteroatoms. The minimum Gasteiger partial charge on any atom is -0.386 e. The number of aliphatic hydroxyl groups excluding tert-OH is 1. The molecule has 0 saturated carbocycles. The molecule has 3 heterocycles. The molecule has 0 spiro atoms. The Kier molecular flexibility index (Phi) is 6.31. The number of aliphatic imine (C=N–C) groups is 1. The number of amides is 2. The van der Waals surface area contributed by atoms with Gasteiger partial charge >= 0.3 is 0 Å². The van der Waals surface area contributed by atoms with Gasteiger partial charge in [-0.3, -0.25) is 14.6 Å². The number of nitrogens with zero attached hydrogens (tertiary/aromatic N) is 6. The summed E-state index contributed by atoms with van der Waals surface area (Å²) < 4.78 is 1.09. The topological polar surface area (TPSA) is 140 Å². The minimum atomic E-state index is -0.786. The Labute approximate surface area is 197 Å². The normalized spacial score (nSPS) is 12.1. The number of primary amides is 1. The zero-order chi connectivity index (χ0) is 23.7. The fraction of sp³-hybridized carbons (Fsp3) is 0.238. The maximum absolute atomic E-state index is 13.0. The maximum Gasteiger partial charge on any atom is 0.259 e. The summed E-state index contributed by atoms with van der Waals surface area (Å²) in [4.78, 5) is 32.3. The zero-order valence-corrected chi connectivity index (χ0v) is 19.6. The number of nitrogens with two attached hydrogens (primary N) is 1. The Morgan fingerprint density at radius 2 is 2.09 bits per heavy atom. The Hall–Kier alpha value is -3.48. The highest BCUT2D eigenvalue weighted by atomic mass is 32.1. The fourth-order valence-corrected chi connectivity index (χ4v) is 5.40. The molecule has 4 rings (SSSR count). The zero-order valence-electron chi connectivity index (χ0n) is 17.9. The van der Waals surface area contributed by atoms with E-state index in [2.05, 4.69) is 27.1 Å². The van der Waals surface area contributed by atoms with Gasteiger partial charge in [0.15, 0.2) is 5.82 Å². The number of aliphatic hydroxyl groups is 1. The number of aromatic nitrogens is 4. The predicted molar refractivity (Wildman–Crippen MR) is 127 cm³/mol. The lowest BCUT2D eigenvalue weighted by Crippen LogP contribution is -2.27. The molecule has 1 atom stereocenters. The molecule has 0 bridgehead atoms. The third-order valence-corrected chi connectivity index (χ3v) is 7.49. The molecule has 0 saturated heterocycles. The van der Waals surface area contributed by atoms with Crippen LogP contribution in [0.5, 0.6) is 0 Å². The number of tetrazole rings is 1. The highest BCUT2D eigenvalue weighted by Crippen LogP contribution is 2.35. The number of rotatable bonds is 8. The van der Waals surface area contributed by atoms with Gasteiger partial charge in [-0.1, -0.05) is 18.2 Å². The third kappa shape index (κ3) is 4.53. The quantitative estimate of drug-likeness (QED) is 0.369. The van der Waals surface area contributed by atoms with E-state index < -0.39 is 12.0 Å². The van der Waals surface area contributed by atoms with Crippen LogP contribution in [-0.4, -0.2) is 55.8 Å². The number of fused-ring (bicyclic) bond motifs is 1. The second kappa shape index (κ2) is 9.17. The van der Waals surface area contributed by atoms with Crippen molar-refractivity contribution in [2.45, 2.75) is 26.1 Å². The van der Waals surface area contributed by atoms with Crippen LogP contribution >= 0.6 is 22.7 Å². The van der Waals surface area contributed by atoms with E-state index in [1.807, 2.05) is 30.3 Å². The van der Waals surface area contributed by atoms with Crippen molar-refractivity contribution in [1.82, 2.24) is 25.1 Å². The summed E-state index contributed by atoms with van der Waals surface area (Å²) in [5, 5.41) is 24.3. The number of carbonyl (C=O) groups excluding carboxylic acids is 2. The van der Waals surface area contributed by atoms with Crippen LogP contribution in [0.4, 0.5) is 5.00 Å². The smallest absolute Gasteiger partial charge is 0.259 e. The van der Waals surface area contributed by atoms with E-state index in [4.69, 9.17) is 5.73 Å². The number of benzene rings is 1. The van der Waals surface area contributed by atoms with Crippen LogP contribution in [0.3, 0.4) is 0 Å². The maximum atomic E-state index is 13.0. The second-order valence-electron chi connectivity index (χ2n) is 7.38. The number of hydrogen-bond acceptors (Lipinski definition) is 9. The van der Waals surface area contributed by atoms with Crippen LogP contribution in [-0.2, 0) is 13.1 Å². The standard InChI is InChI=1S/C21H21N7O3S2/c1-11-17(20(23-2)33-18(11)19(22)30)21(31)27(3)10-16-24-26-28(25-16)9-13(29)15-8-12-6-4-5-7-14(12)32-15/h4-8,13,29H,2,9-10H2,1,3H3,(H2,22,30)/t13-/m0/s1. The van der Waals surface area contributed by atoms with E-state index >= 15 is 0 Å². The molecule has 170 valence electrons. The van der Waals surface area contributed by atoms with Crippen molar-refractivity contribution in [3.05, 3.63) is 57.0 Å². The number of thiophene rings is 2. The molecule has 2 amide bonds. The molecular weight excluding hydrogens is 462 g/mol. The molecule has 3 N–H and O–H groups in total. The largest absolute Gasteiger partial charge is 0.386 e. The lowest BCUT2D eigenvalue weighted by molar-refractivity contribution is 0.0781. The fourth-order valence-electron chi connectivity index (χ4n) is 3.40. The summed E-state index contributed by atoms with van der Waals surface area (Å²) in [6, 6.07) is 9.86. The van der Waals surface area contributed by atoms with E-state index in [-0.39, 0.29) is 29.4 Å². The first-order chi connectivity index (χ1) is 15.8. The van der Waals surface area contributed by atoms with Gasteiger partial charge in [0.1, 0.15) is 11.1 Å². The first kappa shape index (κ1) is 22.7. The summed E-state index contributed by atoms with van der Waals surface area (Å²) >= 11 is 2.55. The average Bonchev–Trinajstić information content (AvgIpc) is 3.49. The second-order valence-corrected chi connectivity index (χ2v) is 9.50. The molecule has 0 radical (unpaired) electrons. The van der Waals surface area contributed by atoms with E-state index in [0.717, 1.165) is 26.3 Å². The van der Waals surface area contributed by atoms with E-state index in [1.165, 1.54) is 21.0 Å². The third-order valence-electron chi connectivity index (χ3n) is 5.04. The molecule has 1 aromatic carbocycles. The highest BCUT2D eigenvalue weighted by Gasteiger charge is 2.26. The molecular formula is C21H21N7O3S2. The van der Waals surface area contributed by atoms with Crippen molar-refractivity contribution in [2.75, 3.05) is 7.05 Å². The molecule has 0 aliphatic rings. The first-order valence-corrected chi connectivity index (χ1v) is 11.5. The van der Waals surface area contributed by atoms with Crippen LogP contribution in [0.1, 0.15) is 42.4 Å². The summed E-state index contributed by atoms with van der Waals surface area (Å²) in [5.41, 5.74) is 6.14. The van der Waals surface area contributed by atoms with Gasteiger partial charge in [-0.2, -0.15) is 4.80 Å². The van der Waals surface area contributed by atoms with Gasteiger partial charge in [0.05, 0.1) is 23.5 Å². The molecule has 0 unspecified atom stereocenters. The molecule has 0 aliphatic heterocycles. The van der Waals surface area contributed by atoms with Gasteiger partial charge in [0, 0.05) is 16.6 Å². The molecule has 0 aliphatic carbocycles. The van der Waals surface area contributed by atoms with Crippen molar-refractivity contribution < 1.29 is 14.7 Å². The molecule has 3 aromatic heterocycles. The van der Waals surface area contributed by atoms with E-state index in [9.17, 15) is 14.7 Å². The van der Waals surface area contributed by atoms with Crippen molar-refractivity contribution in [3.63, 3.8) is 0 Å². The van der Waals surface area contributed by atoms with Gasteiger partial charge in [-0.25, -0.2) is 0 Å². The van der Waals surface area contributed by atoms with Crippen molar-refractivity contribution in [1.29, 1.82) is 0 Å². The van der Waals surface area contributed by atoms with Gasteiger partial charge in [-0.15, -0.1) is 32.9 Å². The van der Waals surface area contributed by atoms with Crippen LogP contribution in [0, 0.1) is 6.92 Å². The molecule has 10 nitrogen and oxygen atoms in total. The molecule has 33 heavy (non-hydrogen) atoms. The van der Waals surface area contributed by atoms with Crippen molar-refractivity contribution in [2.24, 2.45) is 10.7 Å². The van der Waals surface area contributed by atoms with Gasteiger partial charge in [-0.05, 0) is 41.9 Å². The number of hydrogen-bond donors (Lipinski definition) is 2. The first-order valence-electron chi connectivity index (χ1n) is 9.87. The SMILES string of the molecule is C=Nc1sc(C(N)=O)c(C)c1C(=O)N(C)Cc1nnn(C[C@H](O)c2cc3ccccc3s2)n1. The Bertz CT molecular complexity index is 1320. The van der Waals surface area contributed by atoms with Crippen molar-refractivity contribution >= 4 is 56.3 Å². The van der Waals surface area contributed by atoms with Crippen LogP contribution in [0.2, 0.25) is 0 Å². The minimum absolute atomic E-state index is 0.0790. The molecule has 4 aromatic rings. The van der Waals surface area contributed by atoms with Crippen LogP contribution in [0.25, 0.3) is 10.1 Å². The monoisotopic (exact) mass is 483 g/mol. The Morgan fingerprint density at radius 1 is 1.33 bits per heavy atom. The van der Waals surface area contributed by atoms with Crippen molar-refractivity contribution in [3.8, 4) is 0 Å². The van der Waals surface area contributed by atoms with Gasteiger partial charge < -0.3 is 15.7 Å². The average molecular weight is 484 g/mol. The summed E-state index contributed by atoms with van der Waals surface area (Å²) in [6.07, 6.45) is -0.786.